The number of thioether (sulfide) groups is 1. The van der Waals surface area contributed by atoms with Gasteiger partial charge in [-0.3, -0.25) is 0 Å². The third-order valence-electron chi connectivity index (χ3n) is 1.79. The van der Waals surface area contributed by atoms with E-state index in [1.165, 1.54) is 4.90 Å². The van der Waals surface area contributed by atoms with Crippen LogP contribution in [0.1, 0.15) is 12.8 Å². The van der Waals surface area contributed by atoms with Crippen molar-refractivity contribution >= 4 is 31.5 Å². The van der Waals surface area contributed by atoms with Crippen molar-refractivity contribution in [3.8, 4) is 0 Å². The van der Waals surface area contributed by atoms with Crippen LogP contribution in [0, 0.1) is 0 Å². The first-order chi connectivity index (χ1) is 7.08. The van der Waals surface area contributed by atoms with E-state index in [1.54, 1.807) is 11.8 Å². The summed E-state index contributed by atoms with van der Waals surface area (Å²) in [5.74, 6) is 1.00. The molecule has 84 valence electrons. The Hall–Kier alpha value is -0.190. The molecule has 1 aromatic rings. The summed E-state index contributed by atoms with van der Waals surface area (Å²) < 4.78 is 21.2. The van der Waals surface area contributed by atoms with Gasteiger partial charge < -0.3 is 0 Å². The first-order valence-corrected chi connectivity index (χ1v) is 8.14. The smallest absolute Gasteiger partial charge is 0.212 e. The molecule has 0 atom stereocenters. The van der Waals surface area contributed by atoms with Crippen LogP contribution in [0.2, 0.25) is 0 Å². The van der Waals surface area contributed by atoms with Gasteiger partial charge in [-0.05, 0) is 30.7 Å². The topological polar surface area (TPSA) is 34.1 Å². The maximum absolute atomic E-state index is 10.6. The summed E-state index contributed by atoms with van der Waals surface area (Å²) in [6.45, 7) is 0. The van der Waals surface area contributed by atoms with E-state index in [-0.39, 0.29) is 5.75 Å². The first kappa shape index (κ1) is 12.9. The van der Waals surface area contributed by atoms with Gasteiger partial charge in [0.2, 0.25) is 9.05 Å². The van der Waals surface area contributed by atoms with Gasteiger partial charge in [0.15, 0.2) is 0 Å². The van der Waals surface area contributed by atoms with E-state index in [1.807, 2.05) is 30.3 Å². The minimum atomic E-state index is -3.31. The van der Waals surface area contributed by atoms with Crippen molar-refractivity contribution in [1.82, 2.24) is 0 Å². The van der Waals surface area contributed by atoms with Crippen LogP contribution >= 0.6 is 22.4 Å². The summed E-state index contributed by atoms with van der Waals surface area (Å²) in [6, 6.07) is 10.0. The molecule has 5 heteroatoms. The van der Waals surface area contributed by atoms with E-state index in [0.29, 0.717) is 6.42 Å². The largest absolute Gasteiger partial charge is 0.232 e. The highest BCUT2D eigenvalue weighted by molar-refractivity contribution is 8.13. The Morgan fingerprint density at radius 3 is 2.40 bits per heavy atom. The average Bonchev–Trinajstić information content (AvgIpc) is 2.17. The third kappa shape index (κ3) is 6.82. The molecule has 0 spiro atoms. The lowest BCUT2D eigenvalue weighted by Gasteiger charge is -2.00. The molecule has 0 unspecified atom stereocenters. The maximum atomic E-state index is 10.6. The van der Waals surface area contributed by atoms with Crippen molar-refractivity contribution in [1.29, 1.82) is 0 Å². The fraction of sp³-hybridized carbons (Fsp3) is 0.400. The van der Waals surface area contributed by atoms with Crippen LogP contribution in [0.25, 0.3) is 0 Å². The number of hydrogen-bond donors (Lipinski definition) is 0. The molecule has 0 N–H and O–H groups in total. The molecule has 0 saturated carbocycles. The summed E-state index contributed by atoms with van der Waals surface area (Å²) in [5.41, 5.74) is 0. The van der Waals surface area contributed by atoms with Gasteiger partial charge in [-0.1, -0.05) is 18.2 Å². The molecule has 0 aliphatic rings. The molecule has 0 aliphatic heterocycles. The Morgan fingerprint density at radius 1 is 1.13 bits per heavy atom. The number of unbranched alkanes of at least 4 members (excludes halogenated alkanes) is 1. The van der Waals surface area contributed by atoms with E-state index >= 15 is 0 Å². The monoisotopic (exact) mass is 264 g/mol. The summed E-state index contributed by atoms with van der Waals surface area (Å²) in [6.07, 6.45) is 1.50. The second-order valence-corrected chi connectivity index (χ2v) is 7.18. The molecule has 15 heavy (non-hydrogen) atoms. The Kier molecular flexibility index (Phi) is 5.50. The number of hydrogen-bond acceptors (Lipinski definition) is 3. The molecule has 2 nitrogen and oxygen atoms in total. The zero-order valence-electron chi connectivity index (χ0n) is 8.23. The fourth-order valence-electron chi connectivity index (χ4n) is 1.08. The first-order valence-electron chi connectivity index (χ1n) is 4.68. The van der Waals surface area contributed by atoms with Crippen LogP contribution in [-0.4, -0.2) is 19.9 Å². The fourth-order valence-corrected chi connectivity index (χ4v) is 2.89. The average molecular weight is 265 g/mol. The molecule has 0 fully saturated rings. The quantitative estimate of drug-likeness (QED) is 0.450. The van der Waals surface area contributed by atoms with Gasteiger partial charge >= 0.3 is 0 Å². The SMILES string of the molecule is O=S(=O)(Cl)CCCCSc1ccccc1. The number of halogens is 1. The molecule has 1 rings (SSSR count). The molecule has 0 radical (unpaired) electrons. The zero-order chi connectivity index (χ0) is 11.1. The van der Waals surface area contributed by atoms with Crippen LogP contribution in [0.15, 0.2) is 35.2 Å². The highest BCUT2D eigenvalue weighted by Gasteiger charge is 2.03. The van der Waals surface area contributed by atoms with E-state index in [2.05, 4.69) is 0 Å². The summed E-state index contributed by atoms with van der Waals surface area (Å²) in [7, 11) is 1.79. The Balaban J connectivity index is 2.13. The number of benzene rings is 1. The zero-order valence-corrected chi connectivity index (χ0v) is 10.6. The second-order valence-electron chi connectivity index (χ2n) is 3.11. The van der Waals surface area contributed by atoms with Crippen LogP contribution in [0.3, 0.4) is 0 Å². The summed E-state index contributed by atoms with van der Waals surface area (Å²) >= 11 is 1.73. The molecule has 0 saturated heterocycles. The van der Waals surface area contributed by atoms with Crippen LogP contribution in [-0.2, 0) is 9.05 Å². The standard InChI is InChI=1S/C10H13ClO2S2/c11-15(12,13)9-5-4-8-14-10-6-2-1-3-7-10/h1-3,6-7H,4-5,8-9H2. The minimum Gasteiger partial charge on any atom is -0.212 e. The highest BCUT2D eigenvalue weighted by Crippen LogP contribution is 2.18. The van der Waals surface area contributed by atoms with Gasteiger partial charge in [0.05, 0.1) is 5.75 Å². The molecule has 0 aliphatic carbocycles. The second kappa shape index (κ2) is 6.40. The van der Waals surface area contributed by atoms with Crippen LogP contribution in [0.4, 0.5) is 0 Å². The van der Waals surface area contributed by atoms with E-state index < -0.39 is 9.05 Å². The van der Waals surface area contributed by atoms with Gasteiger partial charge in [-0.25, -0.2) is 8.42 Å². The molecule has 0 amide bonds. The maximum Gasteiger partial charge on any atom is 0.232 e. The Labute approximate surface area is 99.4 Å². The van der Waals surface area contributed by atoms with Gasteiger partial charge in [0.25, 0.3) is 0 Å². The van der Waals surface area contributed by atoms with Crippen molar-refractivity contribution in [2.75, 3.05) is 11.5 Å². The molecule has 0 bridgehead atoms. The lowest BCUT2D eigenvalue weighted by atomic mass is 10.4. The Bertz CT molecular complexity index is 376. The molecule has 1 aromatic carbocycles. The lowest BCUT2D eigenvalue weighted by Crippen LogP contribution is -1.97. The lowest BCUT2D eigenvalue weighted by molar-refractivity contribution is 0.606. The van der Waals surface area contributed by atoms with E-state index in [0.717, 1.165) is 12.2 Å². The molecule has 0 heterocycles. The van der Waals surface area contributed by atoms with Gasteiger partial charge in [-0.2, -0.15) is 0 Å². The number of rotatable bonds is 6. The van der Waals surface area contributed by atoms with Crippen LogP contribution < -0.4 is 0 Å². The van der Waals surface area contributed by atoms with Crippen molar-refractivity contribution in [2.45, 2.75) is 17.7 Å². The van der Waals surface area contributed by atoms with Gasteiger partial charge in [0.1, 0.15) is 0 Å². The van der Waals surface area contributed by atoms with Gasteiger partial charge in [-0.15, -0.1) is 11.8 Å². The normalized spacial score (nSPS) is 11.5. The molecular formula is C10H13ClO2S2. The van der Waals surface area contributed by atoms with Crippen molar-refractivity contribution in [3.05, 3.63) is 30.3 Å². The minimum absolute atomic E-state index is 0.0733. The van der Waals surface area contributed by atoms with Crippen LogP contribution in [0.5, 0.6) is 0 Å². The van der Waals surface area contributed by atoms with E-state index in [4.69, 9.17) is 10.7 Å². The Morgan fingerprint density at radius 2 is 1.80 bits per heavy atom. The highest BCUT2D eigenvalue weighted by atomic mass is 35.7. The van der Waals surface area contributed by atoms with Gasteiger partial charge in [0, 0.05) is 15.6 Å². The van der Waals surface area contributed by atoms with Crippen molar-refractivity contribution < 1.29 is 8.42 Å². The predicted octanol–water partition coefficient (Wildman–Crippen LogP) is 3.13. The summed E-state index contributed by atoms with van der Waals surface area (Å²) in [5, 5.41) is 0. The molecular weight excluding hydrogens is 252 g/mol. The molecule has 0 aromatic heterocycles. The summed E-state index contributed by atoms with van der Waals surface area (Å²) in [4.78, 5) is 1.21. The van der Waals surface area contributed by atoms with E-state index in [9.17, 15) is 8.42 Å². The third-order valence-corrected chi connectivity index (χ3v) is 4.13. The predicted molar refractivity (Wildman–Crippen MR) is 66.0 cm³/mol. The van der Waals surface area contributed by atoms with Crippen molar-refractivity contribution in [2.24, 2.45) is 0 Å². The van der Waals surface area contributed by atoms with Crippen molar-refractivity contribution in [3.63, 3.8) is 0 Å².